The first-order chi connectivity index (χ1) is 7.37. The van der Waals surface area contributed by atoms with Gasteiger partial charge >= 0.3 is 6.18 Å². The number of carbonyl (C=O) groups is 1. The average Bonchev–Trinajstić information content (AvgIpc) is 2.63. The molecule has 94 valence electrons. The molecule has 0 N–H and O–H groups in total. The number of nitrogens with zero attached hydrogens (tertiary/aromatic N) is 1. The summed E-state index contributed by atoms with van der Waals surface area (Å²) >= 11 is 0. The molecule has 1 fully saturated rings. The molecular formula is C10H16F3NO2. The minimum absolute atomic E-state index is 0.0842. The van der Waals surface area contributed by atoms with E-state index in [9.17, 15) is 18.0 Å². The molecule has 0 amide bonds. The van der Waals surface area contributed by atoms with Crippen molar-refractivity contribution in [3.05, 3.63) is 0 Å². The van der Waals surface area contributed by atoms with Gasteiger partial charge in [-0.05, 0) is 13.5 Å². The Morgan fingerprint density at radius 2 is 2.19 bits per heavy atom. The van der Waals surface area contributed by atoms with Gasteiger partial charge < -0.3 is 14.4 Å². The first-order valence-corrected chi connectivity index (χ1v) is 5.16. The Balaban J connectivity index is 2.38. The molecule has 16 heavy (non-hydrogen) atoms. The summed E-state index contributed by atoms with van der Waals surface area (Å²) in [6.45, 7) is 1.06. The number of aldehydes is 1. The lowest BCUT2D eigenvalue weighted by atomic mass is 9.89. The van der Waals surface area contributed by atoms with Gasteiger partial charge in [0, 0.05) is 19.7 Å². The van der Waals surface area contributed by atoms with Crippen LogP contribution in [0.25, 0.3) is 0 Å². The van der Waals surface area contributed by atoms with E-state index in [1.165, 1.54) is 4.90 Å². The van der Waals surface area contributed by atoms with Crippen molar-refractivity contribution in [2.75, 3.05) is 33.4 Å². The van der Waals surface area contributed by atoms with Gasteiger partial charge in [-0.3, -0.25) is 0 Å². The van der Waals surface area contributed by atoms with Crippen LogP contribution in [-0.2, 0) is 9.53 Å². The Morgan fingerprint density at radius 1 is 1.50 bits per heavy atom. The Hall–Kier alpha value is -0.620. The summed E-state index contributed by atoms with van der Waals surface area (Å²) < 4.78 is 41.1. The maximum atomic E-state index is 12.0. The molecule has 0 saturated carbocycles. The minimum Gasteiger partial charge on any atom is -0.380 e. The topological polar surface area (TPSA) is 29.5 Å². The SMILES string of the molecule is CN(CCC(F)(F)F)CC1(C=O)CCOC1. The van der Waals surface area contributed by atoms with Gasteiger partial charge in [0.2, 0.25) is 0 Å². The Morgan fingerprint density at radius 3 is 2.62 bits per heavy atom. The number of ether oxygens (including phenoxy) is 1. The molecule has 0 aromatic rings. The average molecular weight is 239 g/mol. The summed E-state index contributed by atoms with van der Waals surface area (Å²) in [5.41, 5.74) is -0.611. The molecule has 0 aromatic carbocycles. The van der Waals surface area contributed by atoms with Crippen molar-refractivity contribution < 1.29 is 22.7 Å². The van der Waals surface area contributed by atoms with E-state index in [1.54, 1.807) is 7.05 Å². The molecule has 0 radical (unpaired) electrons. The lowest BCUT2D eigenvalue weighted by Crippen LogP contribution is -2.38. The summed E-state index contributed by atoms with van der Waals surface area (Å²) in [6.07, 6.45) is -3.59. The summed E-state index contributed by atoms with van der Waals surface area (Å²) in [5, 5.41) is 0. The fourth-order valence-electron chi connectivity index (χ4n) is 1.81. The van der Waals surface area contributed by atoms with Crippen molar-refractivity contribution >= 4 is 6.29 Å². The smallest absolute Gasteiger partial charge is 0.380 e. The summed E-state index contributed by atoms with van der Waals surface area (Å²) in [5.74, 6) is 0. The lowest BCUT2D eigenvalue weighted by molar-refractivity contribution is -0.138. The number of hydrogen-bond donors (Lipinski definition) is 0. The van der Waals surface area contributed by atoms with Crippen molar-refractivity contribution in [1.82, 2.24) is 4.90 Å². The number of alkyl halides is 3. The third kappa shape index (κ3) is 4.09. The molecule has 1 atom stereocenters. The predicted molar refractivity (Wildman–Crippen MR) is 52.1 cm³/mol. The first kappa shape index (κ1) is 13.4. The van der Waals surface area contributed by atoms with Crippen LogP contribution in [0.2, 0.25) is 0 Å². The zero-order chi connectivity index (χ0) is 12.2. The van der Waals surface area contributed by atoms with Crippen LogP contribution in [0.3, 0.4) is 0 Å². The van der Waals surface area contributed by atoms with Crippen LogP contribution in [0.15, 0.2) is 0 Å². The normalized spacial score (nSPS) is 26.3. The second kappa shape index (κ2) is 5.14. The second-order valence-electron chi connectivity index (χ2n) is 4.39. The van der Waals surface area contributed by atoms with Gasteiger partial charge in [-0.15, -0.1) is 0 Å². The quantitative estimate of drug-likeness (QED) is 0.680. The van der Waals surface area contributed by atoms with E-state index in [0.29, 0.717) is 26.2 Å². The van der Waals surface area contributed by atoms with Crippen molar-refractivity contribution in [1.29, 1.82) is 0 Å². The Kier molecular flexibility index (Phi) is 4.32. The largest absolute Gasteiger partial charge is 0.390 e. The molecule has 1 rings (SSSR count). The molecular weight excluding hydrogens is 223 g/mol. The highest BCUT2D eigenvalue weighted by atomic mass is 19.4. The molecule has 1 heterocycles. The molecule has 6 heteroatoms. The van der Waals surface area contributed by atoms with Gasteiger partial charge in [0.1, 0.15) is 6.29 Å². The molecule has 0 spiro atoms. The second-order valence-corrected chi connectivity index (χ2v) is 4.39. The summed E-state index contributed by atoms with van der Waals surface area (Å²) in [7, 11) is 1.59. The summed E-state index contributed by atoms with van der Waals surface area (Å²) in [4.78, 5) is 12.5. The van der Waals surface area contributed by atoms with Gasteiger partial charge in [-0.1, -0.05) is 0 Å². The monoisotopic (exact) mass is 239 g/mol. The van der Waals surface area contributed by atoms with Gasteiger partial charge in [0.05, 0.1) is 18.4 Å². The van der Waals surface area contributed by atoms with E-state index in [2.05, 4.69) is 0 Å². The molecule has 3 nitrogen and oxygen atoms in total. The standard InChI is InChI=1S/C10H16F3NO2/c1-14(4-2-10(11,12)13)6-9(7-15)3-5-16-8-9/h7H,2-6,8H2,1H3. The van der Waals surface area contributed by atoms with E-state index in [1.807, 2.05) is 0 Å². The van der Waals surface area contributed by atoms with Gasteiger partial charge in [0.25, 0.3) is 0 Å². The van der Waals surface area contributed by atoms with Crippen molar-refractivity contribution in [3.63, 3.8) is 0 Å². The van der Waals surface area contributed by atoms with Crippen LogP contribution >= 0.6 is 0 Å². The Labute approximate surface area is 92.5 Å². The van der Waals surface area contributed by atoms with E-state index >= 15 is 0 Å². The maximum absolute atomic E-state index is 12.0. The minimum atomic E-state index is -4.14. The summed E-state index contributed by atoms with van der Waals surface area (Å²) in [6, 6.07) is 0. The number of carbonyl (C=O) groups excluding carboxylic acids is 1. The number of hydrogen-bond acceptors (Lipinski definition) is 3. The molecule has 1 unspecified atom stereocenters. The molecule has 1 saturated heterocycles. The van der Waals surface area contributed by atoms with Crippen LogP contribution in [0.4, 0.5) is 13.2 Å². The maximum Gasteiger partial charge on any atom is 0.390 e. The van der Waals surface area contributed by atoms with E-state index in [0.717, 1.165) is 6.29 Å². The van der Waals surface area contributed by atoms with Crippen LogP contribution in [0.5, 0.6) is 0 Å². The highest BCUT2D eigenvalue weighted by Gasteiger charge is 2.36. The highest BCUT2D eigenvalue weighted by Crippen LogP contribution is 2.27. The molecule has 0 aliphatic carbocycles. The van der Waals surface area contributed by atoms with Crippen LogP contribution in [-0.4, -0.2) is 50.7 Å². The highest BCUT2D eigenvalue weighted by molar-refractivity contribution is 5.60. The Bertz CT molecular complexity index is 237. The zero-order valence-electron chi connectivity index (χ0n) is 9.22. The molecule has 0 bridgehead atoms. The van der Waals surface area contributed by atoms with Gasteiger partial charge in [-0.25, -0.2) is 0 Å². The van der Waals surface area contributed by atoms with Gasteiger partial charge in [0.15, 0.2) is 0 Å². The first-order valence-electron chi connectivity index (χ1n) is 5.16. The van der Waals surface area contributed by atoms with Crippen molar-refractivity contribution in [2.45, 2.75) is 19.0 Å². The predicted octanol–water partition coefficient (Wildman–Crippen LogP) is 1.48. The zero-order valence-corrected chi connectivity index (χ0v) is 9.22. The van der Waals surface area contributed by atoms with E-state index < -0.39 is 18.0 Å². The van der Waals surface area contributed by atoms with Crippen molar-refractivity contribution in [2.24, 2.45) is 5.41 Å². The molecule has 1 aliphatic rings. The van der Waals surface area contributed by atoms with E-state index in [-0.39, 0.29) is 6.54 Å². The lowest BCUT2D eigenvalue weighted by Gasteiger charge is -2.27. The van der Waals surface area contributed by atoms with Crippen LogP contribution in [0, 0.1) is 5.41 Å². The fourth-order valence-corrected chi connectivity index (χ4v) is 1.81. The fraction of sp³-hybridized carbons (Fsp3) is 0.900. The van der Waals surface area contributed by atoms with Crippen LogP contribution < -0.4 is 0 Å². The van der Waals surface area contributed by atoms with Crippen molar-refractivity contribution in [3.8, 4) is 0 Å². The third-order valence-electron chi connectivity index (χ3n) is 2.75. The van der Waals surface area contributed by atoms with Gasteiger partial charge in [-0.2, -0.15) is 13.2 Å². The number of rotatable bonds is 5. The molecule has 0 aromatic heterocycles. The third-order valence-corrected chi connectivity index (χ3v) is 2.75. The number of halogens is 3. The van der Waals surface area contributed by atoms with Crippen LogP contribution in [0.1, 0.15) is 12.8 Å². The van der Waals surface area contributed by atoms with E-state index in [4.69, 9.17) is 4.74 Å². The molecule has 1 aliphatic heterocycles.